The van der Waals surface area contributed by atoms with E-state index in [1.807, 2.05) is 0 Å². The van der Waals surface area contributed by atoms with Crippen LogP contribution in [0.15, 0.2) is 0 Å². The van der Waals surface area contributed by atoms with Gasteiger partial charge in [0.15, 0.2) is 6.10 Å². The lowest BCUT2D eigenvalue weighted by Gasteiger charge is -2.03. The van der Waals surface area contributed by atoms with Crippen molar-refractivity contribution >= 4 is 5.97 Å². The average Bonchev–Trinajstić information content (AvgIpc) is 2.69. The minimum absolute atomic E-state index is 0.0984. The van der Waals surface area contributed by atoms with Gasteiger partial charge in [-0.1, -0.05) is 0 Å². The largest absolute Gasteiger partial charge is 0.479 e. The van der Waals surface area contributed by atoms with Crippen molar-refractivity contribution in [2.75, 3.05) is 0 Å². The predicted octanol–water partition coefficient (Wildman–Crippen LogP) is -0.114. The van der Waals surface area contributed by atoms with Gasteiger partial charge in [0.05, 0.1) is 5.69 Å². The Bertz CT molecular complexity index is 359. The van der Waals surface area contributed by atoms with Crippen molar-refractivity contribution in [3.8, 4) is 0 Å². The molecule has 0 bridgehead atoms. The highest BCUT2D eigenvalue weighted by atomic mass is 16.4. The lowest BCUT2D eigenvalue weighted by atomic mass is 10.1. The second kappa shape index (κ2) is 3.42. The van der Waals surface area contributed by atoms with E-state index in [9.17, 15) is 9.90 Å². The van der Waals surface area contributed by atoms with E-state index in [1.54, 1.807) is 0 Å². The van der Waals surface area contributed by atoms with E-state index in [1.165, 1.54) is 0 Å². The van der Waals surface area contributed by atoms with E-state index in [2.05, 4.69) is 10.2 Å². The van der Waals surface area contributed by atoms with Gasteiger partial charge >= 0.3 is 5.97 Å². The lowest BCUT2D eigenvalue weighted by molar-refractivity contribution is -0.146. The third kappa shape index (κ3) is 1.50. The normalized spacial score (nSPS) is 16.6. The van der Waals surface area contributed by atoms with E-state index in [0.29, 0.717) is 5.69 Å². The molecule has 0 saturated carbocycles. The summed E-state index contributed by atoms with van der Waals surface area (Å²) in [7, 11) is 0. The molecule has 0 amide bonds. The third-order valence-corrected chi connectivity index (χ3v) is 2.56. The summed E-state index contributed by atoms with van der Waals surface area (Å²) in [5.41, 5.74) is 2.90. The van der Waals surface area contributed by atoms with Crippen LogP contribution in [0.25, 0.3) is 0 Å². The summed E-state index contributed by atoms with van der Waals surface area (Å²) >= 11 is 0. The highest BCUT2D eigenvalue weighted by Crippen LogP contribution is 2.23. The summed E-state index contributed by atoms with van der Waals surface area (Å²) in [6, 6.07) is 0. The maximum absolute atomic E-state index is 10.4. The zero-order valence-corrected chi connectivity index (χ0v) is 7.66. The van der Waals surface area contributed by atoms with Gasteiger partial charge in [-0.05, 0) is 24.8 Å². The Hall–Kier alpha value is -1.36. The standard InChI is InChI=1S/C9H12N2O3/c12-8(9(13)14)4-7-5-2-1-3-6(5)10-11-7/h8,12H,1-4H2,(H,10,11)(H,13,14). The number of aliphatic carboxylic acids is 1. The van der Waals surface area contributed by atoms with Crippen molar-refractivity contribution < 1.29 is 15.0 Å². The zero-order valence-electron chi connectivity index (χ0n) is 7.66. The second-order valence-electron chi connectivity index (χ2n) is 3.54. The monoisotopic (exact) mass is 196 g/mol. The summed E-state index contributed by atoms with van der Waals surface area (Å²) in [4.78, 5) is 10.4. The Labute approximate surface area is 80.8 Å². The number of fused-ring (bicyclic) bond motifs is 1. The van der Waals surface area contributed by atoms with E-state index < -0.39 is 12.1 Å². The molecule has 1 unspecified atom stereocenters. The van der Waals surface area contributed by atoms with Gasteiger partial charge in [-0.15, -0.1) is 0 Å². The molecular formula is C9H12N2O3. The molecule has 0 spiro atoms. The fraction of sp³-hybridized carbons (Fsp3) is 0.556. The number of hydrogen-bond acceptors (Lipinski definition) is 3. The first-order valence-electron chi connectivity index (χ1n) is 4.64. The van der Waals surface area contributed by atoms with Crippen LogP contribution in [0.3, 0.4) is 0 Å². The van der Waals surface area contributed by atoms with Crippen molar-refractivity contribution in [2.45, 2.75) is 31.8 Å². The molecule has 0 fully saturated rings. The number of carboxylic acid groups (broad SMARTS) is 1. The van der Waals surface area contributed by atoms with E-state index in [-0.39, 0.29) is 6.42 Å². The molecule has 14 heavy (non-hydrogen) atoms. The summed E-state index contributed by atoms with van der Waals surface area (Å²) < 4.78 is 0. The molecule has 5 nitrogen and oxygen atoms in total. The number of aryl methyl sites for hydroxylation is 1. The van der Waals surface area contributed by atoms with Gasteiger partial charge in [0.25, 0.3) is 0 Å². The number of aliphatic hydroxyl groups excluding tert-OH is 1. The number of nitrogens with zero attached hydrogens (tertiary/aromatic N) is 1. The van der Waals surface area contributed by atoms with Gasteiger partial charge < -0.3 is 10.2 Å². The van der Waals surface area contributed by atoms with Gasteiger partial charge in [-0.2, -0.15) is 5.10 Å². The molecule has 2 rings (SSSR count). The van der Waals surface area contributed by atoms with E-state index >= 15 is 0 Å². The van der Waals surface area contributed by atoms with Crippen LogP contribution in [-0.4, -0.2) is 32.5 Å². The van der Waals surface area contributed by atoms with Crippen molar-refractivity contribution in [3.63, 3.8) is 0 Å². The summed E-state index contributed by atoms with van der Waals surface area (Å²) in [5.74, 6) is -1.19. The Balaban J connectivity index is 2.14. The quantitative estimate of drug-likeness (QED) is 0.629. The smallest absolute Gasteiger partial charge is 0.332 e. The Kier molecular flexibility index (Phi) is 2.25. The molecular weight excluding hydrogens is 184 g/mol. The maximum atomic E-state index is 10.4. The van der Waals surface area contributed by atoms with E-state index in [4.69, 9.17) is 5.11 Å². The zero-order chi connectivity index (χ0) is 10.1. The summed E-state index contributed by atoms with van der Waals surface area (Å²) in [5, 5.41) is 24.6. The van der Waals surface area contributed by atoms with Crippen molar-refractivity contribution in [2.24, 2.45) is 0 Å². The Morgan fingerprint density at radius 3 is 3.07 bits per heavy atom. The summed E-state index contributed by atoms with van der Waals surface area (Å²) in [6.45, 7) is 0. The van der Waals surface area contributed by atoms with Crippen LogP contribution in [0.5, 0.6) is 0 Å². The number of hydrogen-bond donors (Lipinski definition) is 3. The van der Waals surface area contributed by atoms with Crippen LogP contribution in [0.1, 0.15) is 23.4 Å². The molecule has 1 aliphatic carbocycles. The van der Waals surface area contributed by atoms with Gasteiger partial charge in [0.1, 0.15) is 0 Å². The first-order chi connectivity index (χ1) is 6.68. The minimum Gasteiger partial charge on any atom is -0.479 e. The summed E-state index contributed by atoms with van der Waals surface area (Å²) in [6.07, 6.45) is 1.75. The topological polar surface area (TPSA) is 86.2 Å². The average molecular weight is 196 g/mol. The fourth-order valence-corrected chi connectivity index (χ4v) is 1.83. The molecule has 5 heteroatoms. The second-order valence-corrected chi connectivity index (χ2v) is 3.54. The maximum Gasteiger partial charge on any atom is 0.332 e. The first kappa shape index (κ1) is 9.21. The van der Waals surface area contributed by atoms with Crippen molar-refractivity contribution in [3.05, 3.63) is 17.0 Å². The number of carbonyl (C=O) groups is 1. The van der Waals surface area contributed by atoms with Crippen LogP contribution in [-0.2, 0) is 24.1 Å². The molecule has 1 aromatic heterocycles. The SMILES string of the molecule is O=C(O)C(O)Cc1n[nH]c2c1CCC2. The van der Waals surface area contributed by atoms with Crippen molar-refractivity contribution in [1.29, 1.82) is 0 Å². The number of aromatic amines is 1. The van der Waals surface area contributed by atoms with Gasteiger partial charge in [0.2, 0.25) is 0 Å². The number of nitrogens with one attached hydrogen (secondary N) is 1. The molecule has 0 aromatic carbocycles. The van der Waals surface area contributed by atoms with Crippen LogP contribution < -0.4 is 0 Å². The molecule has 1 aliphatic rings. The van der Waals surface area contributed by atoms with Gasteiger partial charge in [0, 0.05) is 12.1 Å². The molecule has 0 aliphatic heterocycles. The fourth-order valence-electron chi connectivity index (χ4n) is 1.83. The van der Waals surface area contributed by atoms with Gasteiger partial charge in [-0.3, -0.25) is 5.10 Å². The molecule has 0 radical (unpaired) electrons. The molecule has 3 N–H and O–H groups in total. The van der Waals surface area contributed by atoms with Gasteiger partial charge in [-0.25, -0.2) is 4.79 Å². The predicted molar refractivity (Wildman–Crippen MR) is 48.0 cm³/mol. The minimum atomic E-state index is -1.34. The number of aliphatic hydroxyl groups is 1. The van der Waals surface area contributed by atoms with Crippen LogP contribution in [0, 0.1) is 0 Å². The highest BCUT2D eigenvalue weighted by Gasteiger charge is 2.22. The van der Waals surface area contributed by atoms with E-state index in [0.717, 1.165) is 30.5 Å². The molecule has 1 aromatic rings. The molecule has 76 valence electrons. The highest BCUT2D eigenvalue weighted by molar-refractivity contribution is 5.72. The number of H-pyrrole nitrogens is 1. The van der Waals surface area contributed by atoms with Crippen LogP contribution in [0.2, 0.25) is 0 Å². The molecule has 1 atom stereocenters. The number of carboxylic acids is 1. The number of aromatic nitrogens is 2. The molecule has 0 saturated heterocycles. The third-order valence-electron chi connectivity index (χ3n) is 2.56. The Morgan fingerprint density at radius 2 is 2.36 bits per heavy atom. The van der Waals surface area contributed by atoms with Crippen molar-refractivity contribution in [1.82, 2.24) is 10.2 Å². The van der Waals surface area contributed by atoms with Crippen LogP contribution in [0.4, 0.5) is 0 Å². The number of rotatable bonds is 3. The first-order valence-corrected chi connectivity index (χ1v) is 4.64. The molecule has 1 heterocycles. The van der Waals surface area contributed by atoms with Crippen LogP contribution >= 0.6 is 0 Å². The lowest BCUT2D eigenvalue weighted by Crippen LogP contribution is -2.22. The Morgan fingerprint density at radius 1 is 1.57 bits per heavy atom.